The summed E-state index contributed by atoms with van der Waals surface area (Å²) in [6, 6.07) is 2.81. The number of carbonyl (C=O) groups is 1. The van der Waals surface area contributed by atoms with Crippen LogP contribution in [-0.2, 0) is 4.74 Å². The largest absolute Gasteiger partial charge is 0.445 e. The third-order valence-electron chi connectivity index (χ3n) is 1.69. The highest BCUT2D eigenvalue weighted by atomic mass is 35.5. The number of hydrogen-bond acceptors (Lipinski definition) is 2. The van der Waals surface area contributed by atoms with Crippen molar-refractivity contribution >= 4 is 23.4 Å². The van der Waals surface area contributed by atoms with E-state index < -0.39 is 23.8 Å². The lowest BCUT2D eigenvalue weighted by Crippen LogP contribution is -2.21. The number of hydrogen-bond donors (Lipinski definition) is 1. The second-order valence-electron chi connectivity index (χ2n) is 3.12. The summed E-state index contributed by atoms with van der Waals surface area (Å²) in [6.07, 6.45) is -1.32. The molecule has 0 radical (unpaired) electrons. The number of ether oxygens (including phenoxy) is 1. The van der Waals surface area contributed by atoms with E-state index in [9.17, 15) is 13.6 Å². The molecule has 1 aromatic rings. The predicted molar refractivity (Wildman–Crippen MR) is 56.6 cm³/mol. The second kappa shape index (κ2) is 5.65. The van der Waals surface area contributed by atoms with Gasteiger partial charge in [0.1, 0.15) is 17.7 Å². The molecule has 88 valence electrons. The van der Waals surface area contributed by atoms with Crippen molar-refractivity contribution in [3.05, 3.63) is 29.8 Å². The Morgan fingerprint density at radius 1 is 1.56 bits per heavy atom. The van der Waals surface area contributed by atoms with Crippen molar-refractivity contribution in [2.24, 2.45) is 0 Å². The van der Waals surface area contributed by atoms with Crippen molar-refractivity contribution in [2.75, 3.05) is 11.2 Å². The van der Waals surface area contributed by atoms with E-state index in [0.29, 0.717) is 6.07 Å². The highest BCUT2D eigenvalue weighted by Gasteiger charge is 2.11. The molecule has 1 N–H and O–H groups in total. The summed E-state index contributed by atoms with van der Waals surface area (Å²) in [5.41, 5.74) is -0.145. The standard InChI is InChI=1S/C10H10ClF2NO2/c1-6(5-11)16-10(15)14-9-3-2-7(12)4-8(9)13/h2-4,6H,5H2,1H3,(H,14,15). The summed E-state index contributed by atoms with van der Waals surface area (Å²) in [7, 11) is 0. The molecule has 1 amide bonds. The number of amides is 1. The van der Waals surface area contributed by atoms with Crippen molar-refractivity contribution in [3.8, 4) is 0 Å². The highest BCUT2D eigenvalue weighted by molar-refractivity contribution is 6.18. The molecule has 0 heterocycles. The molecular formula is C10H10ClF2NO2. The van der Waals surface area contributed by atoms with E-state index in [2.05, 4.69) is 5.32 Å². The lowest BCUT2D eigenvalue weighted by molar-refractivity contribution is 0.131. The van der Waals surface area contributed by atoms with E-state index in [1.54, 1.807) is 6.92 Å². The van der Waals surface area contributed by atoms with Gasteiger partial charge in [0.15, 0.2) is 0 Å². The fourth-order valence-corrected chi connectivity index (χ4v) is 1.01. The highest BCUT2D eigenvalue weighted by Crippen LogP contribution is 2.15. The van der Waals surface area contributed by atoms with Gasteiger partial charge in [0, 0.05) is 6.07 Å². The molecule has 1 rings (SSSR count). The smallest absolute Gasteiger partial charge is 0.412 e. The van der Waals surface area contributed by atoms with Gasteiger partial charge in [0.05, 0.1) is 11.6 Å². The van der Waals surface area contributed by atoms with Crippen LogP contribution in [0.25, 0.3) is 0 Å². The van der Waals surface area contributed by atoms with E-state index in [1.165, 1.54) is 0 Å². The summed E-state index contributed by atoms with van der Waals surface area (Å²) < 4.78 is 30.4. The van der Waals surface area contributed by atoms with Crippen LogP contribution >= 0.6 is 11.6 Å². The van der Waals surface area contributed by atoms with Crippen molar-refractivity contribution in [1.82, 2.24) is 0 Å². The zero-order valence-electron chi connectivity index (χ0n) is 8.47. The molecule has 0 spiro atoms. The van der Waals surface area contributed by atoms with Gasteiger partial charge in [-0.15, -0.1) is 11.6 Å². The van der Waals surface area contributed by atoms with Crippen molar-refractivity contribution in [1.29, 1.82) is 0 Å². The van der Waals surface area contributed by atoms with Crippen molar-refractivity contribution < 1.29 is 18.3 Å². The fourth-order valence-electron chi connectivity index (χ4n) is 0.944. The average Bonchev–Trinajstić information content (AvgIpc) is 2.22. The number of anilines is 1. The van der Waals surface area contributed by atoms with E-state index in [0.717, 1.165) is 12.1 Å². The molecule has 0 aromatic heterocycles. The SMILES string of the molecule is CC(CCl)OC(=O)Nc1ccc(F)cc1F. The number of benzene rings is 1. The Bertz CT molecular complexity index is 387. The predicted octanol–water partition coefficient (Wildman–Crippen LogP) is 3.14. The summed E-state index contributed by atoms with van der Waals surface area (Å²) in [5.74, 6) is -1.44. The maximum absolute atomic E-state index is 13.1. The van der Waals surface area contributed by atoms with Gasteiger partial charge < -0.3 is 4.74 Å². The molecule has 0 aliphatic carbocycles. The maximum Gasteiger partial charge on any atom is 0.412 e. The first kappa shape index (κ1) is 12.7. The quantitative estimate of drug-likeness (QED) is 0.836. The molecule has 0 aliphatic rings. The van der Waals surface area contributed by atoms with Crippen LogP contribution in [0.15, 0.2) is 18.2 Å². The Morgan fingerprint density at radius 3 is 2.81 bits per heavy atom. The fraction of sp³-hybridized carbons (Fsp3) is 0.300. The van der Waals surface area contributed by atoms with Gasteiger partial charge >= 0.3 is 6.09 Å². The van der Waals surface area contributed by atoms with Crippen LogP contribution in [0, 0.1) is 11.6 Å². The molecule has 0 bridgehead atoms. The average molecular weight is 250 g/mol. The summed E-state index contributed by atoms with van der Waals surface area (Å²) in [5, 5.41) is 2.14. The summed E-state index contributed by atoms with van der Waals surface area (Å²) in [6.45, 7) is 1.59. The Hall–Kier alpha value is -1.36. The first-order valence-electron chi connectivity index (χ1n) is 4.51. The Morgan fingerprint density at radius 2 is 2.25 bits per heavy atom. The number of nitrogens with one attached hydrogen (secondary N) is 1. The van der Waals surface area contributed by atoms with Crippen LogP contribution in [0.1, 0.15) is 6.92 Å². The molecule has 1 atom stereocenters. The normalized spacial score (nSPS) is 12.0. The van der Waals surface area contributed by atoms with Gasteiger partial charge in [0.2, 0.25) is 0 Å². The summed E-state index contributed by atoms with van der Waals surface area (Å²) in [4.78, 5) is 11.2. The van der Waals surface area contributed by atoms with Gasteiger partial charge in [-0.2, -0.15) is 0 Å². The van der Waals surface area contributed by atoms with Crippen molar-refractivity contribution in [3.63, 3.8) is 0 Å². The Balaban J connectivity index is 2.63. The molecular weight excluding hydrogens is 240 g/mol. The Labute approximate surface area is 96.4 Å². The molecule has 16 heavy (non-hydrogen) atoms. The van der Waals surface area contributed by atoms with Gasteiger partial charge in [-0.25, -0.2) is 13.6 Å². The van der Waals surface area contributed by atoms with E-state index in [4.69, 9.17) is 16.3 Å². The molecule has 1 aromatic carbocycles. The van der Waals surface area contributed by atoms with E-state index >= 15 is 0 Å². The maximum atomic E-state index is 13.1. The molecule has 6 heteroatoms. The first-order valence-corrected chi connectivity index (χ1v) is 5.05. The Kier molecular flexibility index (Phi) is 4.49. The van der Waals surface area contributed by atoms with Gasteiger partial charge in [-0.05, 0) is 19.1 Å². The monoisotopic (exact) mass is 249 g/mol. The van der Waals surface area contributed by atoms with E-state index in [-0.39, 0.29) is 11.6 Å². The van der Waals surface area contributed by atoms with E-state index in [1.807, 2.05) is 0 Å². The third-order valence-corrected chi connectivity index (χ3v) is 2.13. The van der Waals surface area contributed by atoms with Crippen LogP contribution in [0.3, 0.4) is 0 Å². The second-order valence-corrected chi connectivity index (χ2v) is 3.43. The zero-order valence-corrected chi connectivity index (χ0v) is 9.22. The molecule has 0 fully saturated rings. The molecule has 3 nitrogen and oxygen atoms in total. The van der Waals surface area contributed by atoms with Crippen LogP contribution in [0.4, 0.5) is 19.3 Å². The number of alkyl halides is 1. The minimum absolute atomic E-state index is 0.138. The molecule has 0 saturated carbocycles. The van der Waals surface area contributed by atoms with Crippen LogP contribution in [0.5, 0.6) is 0 Å². The van der Waals surface area contributed by atoms with Crippen LogP contribution < -0.4 is 5.32 Å². The van der Waals surface area contributed by atoms with Crippen molar-refractivity contribution in [2.45, 2.75) is 13.0 Å². The first-order chi connectivity index (χ1) is 7.52. The third kappa shape index (κ3) is 3.66. The molecule has 0 aliphatic heterocycles. The van der Waals surface area contributed by atoms with Gasteiger partial charge in [0.25, 0.3) is 0 Å². The van der Waals surface area contributed by atoms with Crippen LogP contribution in [0.2, 0.25) is 0 Å². The molecule has 0 saturated heterocycles. The topological polar surface area (TPSA) is 38.3 Å². The lowest BCUT2D eigenvalue weighted by atomic mass is 10.3. The summed E-state index contributed by atoms with van der Waals surface area (Å²) >= 11 is 5.42. The number of rotatable bonds is 3. The van der Waals surface area contributed by atoms with Gasteiger partial charge in [-0.3, -0.25) is 5.32 Å². The zero-order chi connectivity index (χ0) is 12.1. The lowest BCUT2D eigenvalue weighted by Gasteiger charge is -2.11. The molecule has 1 unspecified atom stereocenters. The minimum Gasteiger partial charge on any atom is -0.445 e. The number of halogens is 3. The van der Waals surface area contributed by atoms with Gasteiger partial charge in [-0.1, -0.05) is 0 Å². The van der Waals surface area contributed by atoms with Crippen LogP contribution in [-0.4, -0.2) is 18.1 Å². The minimum atomic E-state index is -0.865. The number of carbonyl (C=O) groups excluding carboxylic acids is 1.